The van der Waals surface area contributed by atoms with Gasteiger partial charge in [0, 0.05) is 11.8 Å². The molecule has 2 heterocycles. The summed E-state index contributed by atoms with van der Waals surface area (Å²) in [6, 6.07) is 1.86. The zero-order valence-electron chi connectivity index (χ0n) is 9.52. The molecule has 0 saturated carbocycles. The van der Waals surface area contributed by atoms with Crippen LogP contribution in [0.15, 0.2) is 10.6 Å². The van der Waals surface area contributed by atoms with Crippen molar-refractivity contribution in [3.63, 3.8) is 0 Å². The molecule has 2 aromatic heterocycles. The lowest BCUT2D eigenvalue weighted by Crippen LogP contribution is -2.04. The van der Waals surface area contributed by atoms with Crippen molar-refractivity contribution in [3.05, 3.63) is 34.5 Å². The molecule has 16 heavy (non-hydrogen) atoms. The van der Waals surface area contributed by atoms with Gasteiger partial charge in [0.2, 0.25) is 0 Å². The minimum absolute atomic E-state index is 0.526. The van der Waals surface area contributed by atoms with Gasteiger partial charge in [0.05, 0.1) is 17.8 Å². The van der Waals surface area contributed by atoms with Crippen molar-refractivity contribution in [1.29, 1.82) is 0 Å². The van der Waals surface area contributed by atoms with Crippen LogP contribution in [0.5, 0.6) is 0 Å². The molecule has 0 aromatic carbocycles. The Bertz CT molecular complexity index is 525. The number of hydrogen-bond acceptors (Lipinski definition) is 4. The number of hydrogen-bond donors (Lipinski definition) is 0. The average molecular weight is 219 g/mol. The lowest BCUT2D eigenvalue weighted by molar-refractivity contribution is 0.112. The summed E-state index contributed by atoms with van der Waals surface area (Å²) in [7, 11) is 0. The van der Waals surface area contributed by atoms with E-state index in [0.717, 1.165) is 29.1 Å². The van der Waals surface area contributed by atoms with E-state index in [0.29, 0.717) is 12.1 Å². The van der Waals surface area contributed by atoms with Crippen molar-refractivity contribution in [1.82, 2.24) is 14.9 Å². The molecule has 0 fully saturated rings. The first-order valence-corrected chi connectivity index (χ1v) is 5.03. The Kier molecular flexibility index (Phi) is 2.60. The second-order valence-electron chi connectivity index (χ2n) is 3.79. The van der Waals surface area contributed by atoms with Crippen LogP contribution in [0.4, 0.5) is 0 Å². The van der Waals surface area contributed by atoms with Gasteiger partial charge >= 0.3 is 0 Å². The summed E-state index contributed by atoms with van der Waals surface area (Å²) < 4.78 is 6.74. The third kappa shape index (κ3) is 1.76. The first-order chi connectivity index (χ1) is 7.61. The molecule has 0 unspecified atom stereocenters. The van der Waals surface area contributed by atoms with Gasteiger partial charge in [-0.15, -0.1) is 0 Å². The summed E-state index contributed by atoms with van der Waals surface area (Å²) >= 11 is 0. The molecule has 0 atom stereocenters. The van der Waals surface area contributed by atoms with Crippen molar-refractivity contribution in [3.8, 4) is 0 Å². The summed E-state index contributed by atoms with van der Waals surface area (Å²) in [5, 5.41) is 8.18. The summed E-state index contributed by atoms with van der Waals surface area (Å²) in [5.41, 5.74) is 3.06. The fourth-order valence-corrected chi connectivity index (χ4v) is 1.68. The predicted molar refractivity (Wildman–Crippen MR) is 57.4 cm³/mol. The second-order valence-corrected chi connectivity index (χ2v) is 3.79. The third-order valence-electron chi connectivity index (χ3n) is 2.54. The van der Waals surface area contributed by atoms with Gasteiger partial charge in [-0.2, -0.15) is 5.10 Å². The number of aromatic nitrogens is 3. The van der Waals surface area contributed by atoms with Gasteiger partial charge in [-0.05, 0) is 20.8 Å². The predicted octanol–water partition coefficient (Wildman–Crippen LogP) is 1.66. The maximum atomic E-state index is 10.8. The highest BCUT2D eigenvalue weighted by Gasteiger charge is 2.11. The van der Waals surface area contributed by atoms with Gasteiger partial charge in [-0.25, -0.2) is 0 Å². The van der Waals surface area contributed by atoms with E-state index in [1.54, 1.807) is 4.68 Å². The summed E-state index contributed by atoms with van der Waals surface area (Å²) in [6.45, 7) is 6.06. The van der Waals surface area contributed by atoms with Crippen LogP contribution >= 0.6 is 0 Å². The Balaban J connectivity index is 2.31. The number of aryl methyl sites for hydroxylation is 2. The van der Waals surface area contributed by atoms with Crippen LogP contribution in [0.1, 0.15) is 33.2 Å². The van der Waals surface area contributed by atoms with Crippen LogP contribution in [0.3, 0.4) is 0 Å². The van der Waals surface area contributed by atoms with E-state index in [4.69, 9.17) is 4.52 Å². The van der Waals surface area contributed by atoms with Crippen molar-refractivity contribution < 1.29 is 9.32 Å². The number of carbonyl (C=O) groups excluding carboxylic acids is 1. The lowest BCUT2D eigenvalue weighted by Gasteiger charge is -2.00. The van der Waals surface area contributed by atoms with Gasteiger partial charge in [-0.3, -0.25) is 9.48 Å². The number of rotatable bonds is 3. The Labute approximate surface area is 93.0 Å². The molecular weight excluding hydrogens is 206 g/mol. The molecular formula is C11H13N3O2. The maximum absolute atomic E-state index is 10.8. The van der Waals surface area contributed by atoms with Crippen LogP contribution in [0.2, 0.25) is 0 Å². The van der Waals surface area contributed by atoms with E-state index in [-0.39, 0.29) is 0 Å². The number of nitrogens with zero attached hydrogens (tertiary/aromatic N) is 3. The normalized spacial score (nSPS) is 10.7. The molecule has 0 bridgehead atoms. The van der Waals surface area contributed by atoms with Gasteiger partial charge in [0.15, 0.2) is 6.29 Å². The Morgan fingerprint density at radius 2 is 2.19 bits per heavy atom. The van der Waals surface area contributed by atoms with E-state index in [1.807, 2.05) is 26.8 Å². The van der Waals surface area contributed by atoms with Crippen LogP contribution < -0.4 is 0 Å². The van der Waals surface area contributed by atoms with E-state index in [1.165, 1.54) is 0 Å². The smallest absolute Gasteiger partial charge is 0.153 e. The molecule has 0 radical (unpaired) electrons. The second kappa shape index (κ2) is 3.92. The molecule has 0 saturated heterocycles. The highest BCUT2D eigenvalue weighted by molar-refractivity contribution is 5.78. The van der Waals surface area contributed by atoms with E-state index in [2.05, 4.69) is 10.3 Å². The molecule has 2 rings (SSSR count). The number of aldehydes is 1. The Morgan fingerprint density at radius 1 is 1.44 bits per heavy atom. The van der Waals surface area contributed by atoms with Crippen LogP contribution in [-0.4, -0.2) is 21.2 Å². The molecule has 5 heteroatoms. The standard InChI is InChI=1S/C11H13N3O2/c1-7-4-10(13-16-7)5-14-9(3)11(6-15)8(2)12-14/h4,6H,5H2,1-3H3. The summed E-state index contributed by atoms with van der Waals surface area (Å²) in [6.07, 6.45) is 0.836. The highest BCUT2D eigenvalue weighted by atomic mass is 16.5. The minimum Gasteiger partial charge on any atom is -0.361 e. The van der Waals surface area contributed by atoms with Gasteiger partial charge in [0.1, 0.15) is 11.5 Å². The Hall–Kier alpha value is -1.91. The van der Waals surface area contributed by atoms with Crippen molar-refractivity contribution in [2.75, 3.05) is 0 Å². The summed E-state index contributed by atoms with van der Waals surface area (Å²) in [5.74, 6) is 0.771. The minimum atomic E-state index is 0.526. The quantitative estimate of drug-likeness (QED) is 0.736. The number of carbonyl (C=O) groups is 1. The molecule has 0 spiro atoms. The van der Waals surface area contributed by atoms with Crippen molar-refractivity contribution in [2.24, 2.45) is 0 Å². The monoisotopic (exact) mass is 219 g/mol. The highest BCUT2D eigenvalue weighted by Crippen LogP contribution is 2.12. The average Bonchev–Trinajstić information content (AvgIpc) is 2.74. The van der Waals surface area contributed by atoms with Gasteiger partial charge < -0.3 is 4.52 Å². The van der Waals surface area contributed by atoms with E-state index >= 15 is 0 Å². The third-order valence-corrected chi connectivity index (χ3v) is 2.54. The van der Waals surface area contributed by atoms with Crippen LogP contribution in [-0.2, 0) is 6.54 Å². The maximum Gasteiger partial charge on any atom is 0.153 e. The molecule has 84 valence electrons. The molecule has 0 aliphatic carbocycles. The Morgan fingerprint density at radius 3 is 2.69 bits per heavy atom. The van der Waals surface area contributed by atoms with E-state index < -0.39 is 0 Å². The summed E-state index contributed by atoms with van der Waals surface area (Å²) in [4.78, 5) is 10.8. The SMILES string of the molecule is Cc1cc(Cn2nc(C)c(C=O)c2C)no1. The van der Waals surface area contributed by atoms with Gasteiger partial charge in [-0.1, -0.05) is 5.16 Å². The molecule has 2 aromatic rings. The molecule has 0 aliphatic heterocycles. The first kappa shape index (κ1) is 10.6. The van der Waals surface area contributed by atoms with Crippen LogP contribution in [0.25, 0.3) is 0 Å². The van der Waals surface area contributed by atoms with Crippen molar-refractivity contribution >= 4 is 6.29 Å². The fourth-order valence-electron chi connectivity index (χ4n) is 1.68. The molecule has 0 N–H and O–H groups in total. The largest absolute Gasteiger partial charge is 0.361 e. The fraction of sp³-hybridized carbons (Fsp3) is 0.364. The lowest BCUT2D eigenvalue weighted by atomic mass is 10.2. The van der Waals surface area contributed by atoms with E-state index in [9.17, 15) is 4.79 Å². The first-order valence-electron chi connectivity index (χ1n) is 5.03. The molecule has 5 nitrogen and oxygen atoms in total. The van der Waals surface area contributed by atoms with Gasteiger partial charge in [0.25, 0.3) is 0 Å². The molecule has 0 aliphatic rings. The topological polar surface area (TPSA) is 60.9 Å². The zero-order valence-corrected chi connectivity index (χ0v) is 9.52. The molecule has 0 amide bonds. The zero-order chi connectivity index (χ0) is 11.7. The van der Waals surface area contributed by atoms with Crippen molar-refractivity contribution in [2.45, 2.75) is 27.3 Å². The van der Waals surface area contributed by atoms with Crippen LogP contribution in [0, 0.1) is 20.8 Å².